The Morgan fingerprint density at radius 2 is 1.91 bits per heavy atom. The van der Waals surface area contributed by atoms with E-state index in [4.69, 9.17) is 10.5 Å². The van der Waals surface area contributed by atoms with Crippen LogP contribution in [-0.4, -0.2) is 31.4 Å². The Kier molecular flexibility index (Phi) is 4.94. The highest BCUT2D eigenvalue weighted by atomic mass is 32.1. The van der Waals surface area contributed by atoms with Gasteiger partial charge in [-0.3, -0.25) is 9.78 Å². The van der Waals surface area contributed by atoms with Crippen molar-refractivity contribution in [1.29, 1.82) is 5.41 Å². The van der Waals surface area contributed by atoms with Gasteiger partial charge in [0.1, 0.15) is 0 Å². The second-order valence-electron chi connectivity index (χ2n) is 7.92. The molecule has 0 radical (unpaired) electrons. The van der Waals surface area contributed by atoms with Crippen LogP contribution in [-0.2, 0) is 17.6 Å². The van der Waals surface area contributed by atoms with E-state index < -0.39 is 0 Å². The molecule has 7 nitrogen and oxygen atoms in total. The van der Waals surface area contributed by atoms with E-state index in [1.807, 2.05) is 48.1 Å². The third-order valence-corrected chi connectivity index (χ3v) is 6.54. The zero-order valence-corrected chi connectivity index (χ0v) is 18.9. The SMILES string of the molecule is CC(=N)c1ccc(-n2nc(-c3ccc(C)nc3)c3c2-c2sc(NC(C)=O)nc2CC3)cc1. The Bertz CT molecular complexity index is 1350. The third kappa shape index (κ3) is 3.52. The molecule has 0 bridgehead atoms. The first kappa shape index (κ1) is 20.3. The molecule has 8 heteroatoms. The highest BCUT2D eigenvalue weighted by molar-refractivity contribution is 7.19. The number of hydrogen-bond acceptors (Lipinski definition) is 6. The first-order valence-electron chi connectivity index (χ1n) is 10.4. The van der Waals surface area contributed by atoms with Gasteiger partial charge in [0.05, 0.1) is 27.6 Å². The number of nitrogens with zero attached hydrogens (tertiary/aromatic N) is 4. The summed E-state index contributed by atoms with van der Waals surface area (Å²) in [5, 5.41) is 16.3. The molecule has 4 aromatic rings. The van der Waals surface area contributed by atoms with Crippen LogP contribution in [0.2, 0.25) is 0 Å². The fraction of sp³-hybridized carbons (Fsp3) is 0.208. The summed E-state index contributed by atoms with van der Waals surface area (Å²) in [5.41, 5.74) is 8.33. The smallest absolute Gasteiger partial charge is 0.223 e. The van der Waals surface area contributed by atoms with Crippen LogP contribution in [0.15, 0.2) is 42.6 Å². The van der Waals surface area contributed by atoms with E-state index >= 15 is 0 Å². The van der Waals surface area contributed by atoms with Crippen molar-refractivity contribution in [3.8, 4) is 27.5 Å². The quantitative estimate of drug-likeness (QED) is 0.443. The predicted molar refractivity (Wildman–Crippen MR) is 127 cm³/mol. The van der Waals surface area contributed by atoms with E-state index in [1.165, 1.54) is 18.3 Å². The lowest BCUT2D eigenvalue weighted by molar-refractivity contribution is -0.114. The van der Waals surface area contributed by atoms with Gasteiger partial charge in [0.15, 0.2) is 5.13 Å². The molecule has 0 atom stereocenters. The number of nitrogens with one attached hydrogen (secondary N) is 2. The predicted octanol–water partition coefficient (Wildman–Crippen LogP) is 4.81. The minimum absolute atomic E-state index is 0.131. The number of rotatable bonds is 4. The second-order valence-corrected chi connectivity index (χ2v) is 8.92. The van der Waals surface area contributed by atoms with Crippen LogP contribution in [0.25, 0.3) is 27.5 Å². The summed E-state index contributed by atoms with van der Waals surface area (Å²) >= 11 is 1.48. The van der Waals surface area contributed by atoms with Gasteiger partial charge in [-0.2, -0.15) is 5.10 Å². The lowest BCUT2D eigenvalue weighted by Gasteiger charge is -2.14. The molecule has 0 saturated heterocycles. The molecular weight excluding hydrogens is 420 g/mol. The van der Waals surface area contributed by atoms with Crippen LogP contribution < -0.4 is 5.32 Å². The van der Waals surface area contributed by atoms with Gasteiger partial charge < -0.3 is 10.7 Å². The molecule has 3 aromatic heterocycles. The van der Waals surface area contributed by atoms with Crippen molar-refractivity contribution < 1.29 is 4.79 Å². The number of hydrogen-bond donors (Lipinski definition) is 2. The number of aryl methyl sites for hydroxylation is 2. The molecule has 0 fully saturated rings. The molecule has 32 heavy (non-hydrogen) atoms. The summed E-state index contributed by atoms with van der Waals surface area (Å²) < 4.78 is 1.96. The van der Waals surface area contributed by atoms with E-state index in [0.717, 1.165) is 62.9 Å². The Labute approximate surface area is 189 Å². The molecule has 1 amide bonds. The Balaban J connectivity index is 1.71. The van der Waals surface area contributed by atoms with Gasteiger partial charge in [0, 0.05) is 35.7 Å². The first-order valence-corrected chi connectivity index (χ1v) is 11.2. The minimum atomic E-state index is -0.131. The van der Waals surface area contributed by atoms with E-state index in [1.54, 1.807) is 6.92 Å². The topological polar surface area (TPSA) is 96.5 Å². The van der Waals surface area contributed by atoms with Crippen molar-refractivity contribution >= 4 is 28.1 Å². The van der Waals surface area contributed by atoms with Crippen molar-refractivity contribution in [1.82, 2.24) is 19.7 Å². The maximum absolute atomic E-state index is 11.6. The summed E-state index contributed by atoms with van der Waals surface area (Å²) in [6.07, 6.45) is 3.48. The molecule has 0 spiro atoms. The Morgan fingerprint density at radius 1 is 1.12 bits per heavy atom. The first-order chi connectivity index (χ1) is 15.4. The molecule has 1 aliphatic rings. The average molecular weight is 443 g/mol. The molecule has 160 valence electrons. The van der Waals surface area contributed by atoms with Gasteiger partial charge in [-0.25, -0.2) is 9.67 Å². The lowest BCUT2D eigenvalue weighted by Crippen LogP contribution is -2.07. The molecule has 2 N–H and O–H groups in total. The van der Waals surface area contributed by atoms with Gasteiger partial charge >= 0.3 is 0 Å². The van der Waals surface area contributed by atoms with E-state index in [-0.39, 0.29) is 5.91 Å². The van der Waals surface area contributed by atoms with Crippen LogP contribution in [0.1, 0.15) is 36.4 Å². The molecule has 1 aromatic carbocycles. The number of benzene rings is 1. The summed E-state index contributed by atoms with van der Waals surface area (Å²) in [5.74, 6) is -0.131. The molecule has 3 heterocycles. The van der Waals surface area contributed by atoms with Crippen molar-refractivity contribution in [2.75, 3.05) is 5.32 Å². The number of anilines is 1. The average Bonchev–Trinajstić information content (AvgIpc) is 3.34. The molecule has 0 saturated carbocycles. The number of amides is 1. The van der Waals surface area contributed by atoms with Crippen LogP contribution in [0.4, 0.5) is 5.13 Å². The summed E-state index contributed by atoms with van der Waals surface area (Å²) in [4.78, 5) is 21.7. The van der Waals surface area contributed by atoms with Gasteiger partial charge in [0.25, 0.3) is 0 Å². The Morgan fingerprint density at radius 3 is 2.56 bits per heavy atom. The molecular formula is C24H22N6OS. The van der Waals surface area contributed by atoms with Gasteiger partial charge in [-0.15, -0.1) is 0 Å². The highest BCUT2D eigenvalue weighted by Gasteiger charge is 2.30. The van der Waals surface area contributed by atoms with Crippen molar-refractivity contribution in [3.63, 3.8) is 0 Å². The fourth-order valence-corrected chi connectivity index (χ4v) is 5.07. The zero-order chi connectivity index (χ0) is 22.4. The maximum atomic E-state index is 11.6. The van der Waals surface area contributed by atoms with Crippen molar-refractivity contribution in [2.24, 2.45) is 0 Å². The van der Waals surface area contributed by atoms with Crippen molar-refractivity contribution in [3.05, 3.63) is 65.1 Å². The largest absolute Gasteiger partial charge is 0.305 e. The fourth-order valence-electron chi connectivity index (χ4n) is 3.95. The number of carbonyl (C=O) groups is 1. The van der Waals surface area contributed by atoms with Crippen molar-refractivity contribution in [2.45, 2.75) is 33.6 Å². The van der Waals surface area contributed by atoms with Gasteiger partial charge in [0.2, 0.25) is 5.91 Å². The molecule has 0 unspecified atom stereocenters. The highest BCUT2D eigenvalue weighted by Crippen LogP contribution is 2.44. The van der Waals surface area contributed by atoms with Gasteiger partial charge in [-0.05, 0) is 56.5 Å². The van der Waals surface area contributed by atoms with Crippen LogP contribution >= 0.6 is 11.3 Å². The Hall–Kier alpha value is -3.65. The minimum Gasteiger partial charge on any atom is -0.305 e. The number of pyridine rings is 1. The van der Waals surface area contributed by atoms with Crippen LogP contribution in [0.5, 0.6) is 0 Å². The number of carbonyl (C=O) groups excluding carboxylic acids is 1. The van der Waals surface area contributed by atoms with E-state index in [0.29, 0.717) is 10.8 Å². The monoisotopic (exact) mass is 442 g/mol. The number of aromatic nitrogens is 4. The van der Waals surface area contributed by atoms with E-state index in [9.17, 15) is 4.79 Å². The van der Waals surface area contributed by atoms with E-state index in [2.05, 4.69) is 21.4 Å². The second kappa shape index (κ2) is 7.80. The number of thiazole rings is 1. The van der Waals surface area contributed by atoms with Crippen LogP contribution in [0, 0.1) is 12.3 Å². The lowest BCUT2D eigenvalue weighted by atomic mass is 9.95. The number of fused-ring (bicyclic) bond motifs is 3. The third-order valence-electron chi connectivity index (χ3n) is 5.52. The van der Waals surface area contributed by atoms with Gasteiger partial charge in [-0.1, -0.05) is 23.5 Å². The molecule has 1 aliphatic carbocycles. The standard InChI is InChI=1S/C24H22N6OS/c1-13-4-5-17(12-26-13)21-19-10-11-20-23(32-24(28-20)27-15(3)31)22(19)30(29-21)18-8-6-16(7-9-18)14(2)25/h4-9,12,25H,10-11H2,1-3H3,(H,27,28,31). The summed E-state index contributed by atoms with van der Waals surface area (Å²) in [7, 11) is 0. The summed E-state index contributed by atoms with van der Waals surface area (Å²) in [6.45, 7) is 5.24. The maximum Gasteiger partial charge on any atom is 0.223 e. The van der Waals surface area contributed by atoms with Crippen LogP contribution in [0.3, 0.4) is 0 Å². The molecule has 0 aliphatic heterocycles. The zero-order valence-electron chi connectivity index (χ0n) is 18.1. The summed E-state index contributed by atoms with van der Waals surface area (Å²) in [6, 6.07) is 11.9. The molecule has 5 rings (SSSR count). The normalized spacial score (nSPS) is 12.2.